The number of nitrogens with zero attached hydrogens (tertiary/aromatic N) is 4. The molecule has 0 aliphatic carbocycles. The van der Waals surface area contributed by atoms with Crippen LogP contribution in [0.25, 0.3) is 0 Å². The van der Waals surface area contributed by atoms with E-state index in [4.69, 9.17) is 12.2 Å². The summed E-state index contributed by atoms with van der Waals surface area (Å²) in [6, 6.07) is 4.09. The lowest BCUT2D eigenvalue weighted by Gasteiger charge is -2.42. The first-order valence-electron chi connectivity index (χ1n) is 11.6. The Kier molecular flexibility index (Phi) is 8.82. The minimum Gasteiger partial charge on any atom is -0.363 e. The first-order valence-corrected chi connectivity index (χ1v) is 11.6. The summed E-state index contributed by atoms with van der Waals surface area (Å²) in [6.45, 7) is 4.90. The minimum atomic E-state index is -4.32. The number of piperazine rings is 1. The van der Waals surface area contributed by atoms with Gasteiger partial charge in [0.2, 0.25) is 5.84 Å². The molecule has 1 aromatic rings. The Morgan fingerprint density at radius 2 is 2.00 bits per heavy atom. The van der Waals surface area contributed by atoms with Crippen LogP contribution in [0.1, 0.15) is 19.4 Å². The monoisotopic (exact) mass is 503 g/mol. The van der Waals surface area contributed by atoms with E-state index < -0.39 is 23.9 Å². The number of rotatable bonds is 7. The van der Waals surface area contributed by atoms with Crippen LogP contribution in [0.3, 0.4) is 0 Å². The summed E-state index contributed by atoms with van der Waals surface area (Å²) in [5.41, 5.74) is 7.73. The fraction of sp³-hybridized carbons (Fsp3) is 0.423. The molecular formula is C26H29F4N5O. The molecule has 2 aliphatic heterocycles. The van der Waals surface area contributed by atoms with Crippen LogP contribution in [0.4, 0.5) is 17.6 Å². The van der Waals surface area contributed by atoms with Gasteiger partial charge in [-0.2, -0.15) is 13.2 Å². The number of nitrogens with two attached hydrogens (primary N) is 1. The van der Waals surface area contributed by atoms with Gasteiger partial charge in [0, 0.05) is 37.7 Å². The van der Waals surface area contributed by atoms with Crippen molar-refractivity contribution in [3.63, 3.8) is 0 Å². The molecule has 0 spiro atoms. The van der Waals surface area contributed by atoms with Crippen molar-refractivity contribution in [3.8, 4) is 12.3 Å². The molecule has 6 nitrogen and oxygen atoms in total. The number of carbonyl (C=O) groups excluding carboxylic acids is 1. The second-order valence-corrected chi connectivity index (χ2v) is 8.71. The largest absolute Gasteiger partial charge is 0.405 e. The lowest BCUT2D eigenvalue weighted by molar-refractivity contribution is -0.196. The molecule has 1 saturated heterocycles. The maximum Gasteiger partial charge on any atom is 0.405 e. The summed E-state index contributed by atoms with van der Waals surface area (Å²) in [5, 5.41) is 0. The molecule has 2 atom stereocenters. The minimum absolute atomic E-state index is 0.105. The molecule has 1 aromatic carbocycles. The predicted octanol–water partition coefficient (Wildman–Crippen LogP) is 3.20. The van der Waals surface area contributed by atoms with E-state index >= 15 is 0 Å². The summed E-state index contributed by atoms with van der Waals surface area (Å²) >= 11 is 0. The maximum atomic E-state index is 13.6. The molecule has 192 valence electrons. The number of halogens is 4. The van der Waals surface area contributed by atoms with E-state index in [9.17, 15) is 22.4 Å². The molecule has 36 heavy (non-hydrogen) atoms. The van der Waals surface area contributed by atoms with E-state index in [0.717, 1.165) is 5.57 Å². The van der Waals surface area contributed by atoms with Crippen molar-refractivity contribution in [2.24, 2.45) is 21.6 Å². The number of aliphatic imine (C=N–C) groups is 2. The highest BCUT2D eigenvalue weighted by atomic mass is 19.4. The van der Waals surface area contributed by atoms with Gasteiger partial charge in [-0.3, -0.25) is 19.6 Å². The third kappa shape index (κ3) is 6.68. The fourth-order valence-corrected chi connectivity index (χ4v) is 4.19. The topological polar surface area (TPSA) is 74.3 Å². The van der Waals surface area contributed by atoms with E-state index in [0.29, 0.717) is 36.5 Å². The van der Waals surface area contributed by atoms with Crippen molar-refractivity contribution in [1.29, 1.82) is 0 Å². The molecule has 1 amide bonds. The smallest absolute Gasteiger partial charge is 0.363 e. The van der Waals surface area contributed by atoms with Crippen molar-refractivity contribution in [1.82, 2.24) is 9.80 Å². The van der Waals surface area contributed by atoms with E-state index in [-0.39, 0.29) is 31.4 Å². The van der Waals surface area contributed by atoms with Gasteiger partial charge in [0.15, 0.2) is 0 Å². The number of terminal acetylenes is 1. The normalized spacial score (nSPS) is 22.1. The van der Waals surface area contributed by atoms with Crippen LogP contribution >= 0.6 is 0 Å². The highest BCUT2D eigenvalue weighted by molar-refractivity contribution is 6.41. The van der Waals surface area contributed by atoms with Gasteiger partial charge in [0.25, 0.3) is 5.91 Å². The van der Waals surface area contributed by atoms with Crippen LogP contribution in [-0.2, 0) is 4.79 Å². The first-order chi connectivity index (χ1) is 17.0. The molecule has 0 bridgehead atoms. The Bertz CT molecular complexity index is 1130. The van der Waals surface area contributed by atoms with Gasteiger partial charge in [0.1, 0.15) is 11.9 Å². The second kappa shape index (κ2) is 11.6. The highest BCUT2D eigenvalue weighted by Gasteiger charge is 2.45. The number of allylic oxidation sites excluding steroid dienone is 2. The molecule has 3 rings (SSSR count). The third-order valence-electron chi connectivity index (χ3n) is 6.33. The predicted molar refractivity (Wildman–Crippen MR) is 132 cm³/mol. The Hall–Kier alpha value is -3.29. The molecule has 2 aliphatic rings. The highest BCUT2D eigenvalue weighted by Crippen LogP contribution is 2.28. The van der Waals surface area contributed by atoms with E-state index in [1.165, 1.54) is 29.2 Å². The van der Waals surface area contributed by atoms with Crippen LogP contribution in [0.15, 0.2) is 57.5 Å². The third-order valence-corrected chi connectivity index (χ3v) is 6.33. The van der Waals surface area contributed by atoms with Gasteiger partial charge in [-0.05, 0) is 48.9 Å². The quantitative estimate of drug-likeness (QED) is 0.459. The van der Waals surface area contributed by atoms with Gasteiger partial charge in [-0.25, -0.2) is 9.38 Å². The average molecular weight is 504 g/mol. The Morgan fingerprint density at radius 3 is 2.58 bits per heavy atom. The Labute approximate surface area is 208 Å². The van der Waals surface area contributed by atoms with Gasteiger partial charge in [-0.1, -0.05) is 25.0 Å². The molecule has 0 aromatic heterocycles. The van der Waals surface area contributed by atoms with E-state index in [1.54, 1.807) is 24.0 Å². The number of amides is 1. The number of carbonyl (C=O) groups is 1. The molecule has 0 saturated carbocycles. The van der Waals surface area contributed by atoms with Crippen molar-refractivity contribution in [2.75, 3.05) is 39.3 Å². The molecular weight excluding hydrogens is 474 g/mol. The summed E-state index contributed by atoms with van der Waals surface area (Å²) < 4.78 is 54.3. The van der Waals surface area contributed by atoms with Crippen LogP contribution in [-0.4, -0.2) is 78.7 Å². The lowest BCUT2D eigenvalue weighted by Crippen LogP contribution is -2.59. The van der Waals surface area contributed by atoms with Crippen molar-refractivity contribution >= 4 is 17.5 Å². The molecule has 10 heteroatoms. The summed E-state index contributed by atoms with van der Waals surface area (Å²) in [4.78, 5) is 23.2. The summed E-state index contributed by atoms with van der Waals surface area (Å²) in [5.74, 6) is 0.991. The lowest BCUT2D eigenvalue weighted by atomic mass is 9.96. The first kappa shape index (κ1) is 27.3. The van der Waals surface area contributed by atoms with E-state index in [2.05, 4.69) is 15.9 Å². The molecule has 2 N–H and O–H groups in total. The molecule has 1 fully saturated rings. The van der Waals surface area contributed by atoms with Gasteiger partial charge >= 0.3 is 6.18 Å². The zero-order valence-electron chi connectivity index (χ0n) is 20.2. The van der Waals surface area contributed by atoms with E-state index in [1.807, 2.05) is 6.92 Å². The zero-order chi connectivity index (χ0) is 26.5. The van der Waals surface area contributed by atoms with Crippen LogP contribution in [0.5, 0.6) is 0 Å². The number of alkyl halides is 3. The molecule has 2 heterocycles. The number of amidine groups is 1. The summed E-state index contributed by atoms with van der Waals surface area (Å²) in [7, 11) is 0. The standard InChI is InChI=1S/C26H29F4N5O/c1-4-17(3)20(15-34-12-13-35(5-2)22(16-34)26(28,29)30)7-6-19-14-32-25(24(31)36)33-23(19)18-8-10-21(27)11-9-18/h1,6-11,17,22H,5,12-16H2,2-3H3,(H2,31,36)/b19-6+,20-7-. The maximum absolute atomic E-state index is 13.6. The molecule has 2 unspecified atom stereocenters. The number of hydrogen-bond donors (Lipinski definition) is 1. The van der Waals surface area contributed by atoms with Crippen molar-refractivity contribution in [2.45, 2.75) is 26.1 Å². The second-order valence-electron chi connectivity index (χ2n) is 8.71. The number of benzene rings is 1. The van der Waals surface area contributed by atoms with Crippen LogP contribution in [0, 0.1) is 24.1 Å². The Morgan fingerprint density at radius 1 is 1.31 bits per heavy atom. The number of likely N-dealkylation sites (N-methyl/N-ethyl adjacent to an activating group) is 1. The van der Waals surface area contributed by atoms with Crippen molar-refractivity contribution in [3.05, 3.63) is 58.9 Å². The fourth-order valence-electron chi connectivity index (χ4n) is 4.19. The van der Waals surface area contributed by atoms with Crippen molar-refractivity contribution < 1.29 is 22.4 Å². The number of hydrogen-bond acceptors (Lipinski definition) is 5. The van der Waals surface area contributed by atoms with Crippen LogP contribution < -0.4 is 5.73 Å². The summed E-state index contributed by atoms with van der Waals surface area (Å²) in [6.07, 6.45) is 4.86. The average Bonchev–Trinajstić information content (AvgIpc) is 2.85. The Balaban J connectivity index is 1.90. The van der Waals surface area contributed by atoms with Gasteiger partial charge in [0.05, 0.1) is 12.3 Å². The van der Waals surface area contributed by atoms with Gasteiger partial charge in [-0.15, -0.1) is 6.42 Å². The van der Waals surface area contributed by atoms with Crippen LogP contribution in [0.2, 0.25) is 0 Å². The van der Waals surface area contributed by atoms with Gasteiger partial charge < -0.3 is 5.73 Å². The molecule has 0 radical (unpaired) electrons. The zero-order valence-corrected chi connectivity index (χ0v) is 20.2. The number of primary amides is 1. The SMILES string of the molecule is C#CC(C)/C(=C\C=C1/CN=C(C(N)=O)N=C1c1ccc(F)cc1)CN1CCN(CC)C(C(F)(F)F)C1.